The van der Waals surface area contributed by atoms with Crippen LogP contribution in [-0.4, -0.2) is 18.8 Å². The molecule has 3 nitrogen and oxygen atoms in total. The molecule has 0 aliphatic carbocycles. The Morgan fingerprint density at radius 1 is 1.33 bits per heavy atom. The van der Waals surface area contributed by atoms with Crippen LogP contribution >= 0.6 is 8.03 Å². The molecular formula is C8H19NO2P+. The predicted molar refractivity (Wildman–Crippen MR) is 51.6 cm³/mol. The Morgan fingerprint density at radius 2 is 2.00 bits per heavy atom. The van der Waals surface area contributed by atoms with E-state index in [0.717, 1.165) is 25.8 Å². The van der Waals surface area contributed by atoms with E-state index in [4.69, 9.17) is 10.3 Å². The zero-order valence-electron chi connectivity index (χ0n) is 7.95. The summed E-state index contributed by atoms with van der Waals surface area (Å²) in [7, 11) is -1.44. The normalized spacial score (nSPS) is 12.2. The monoisotopic (exact) mass is 192 g/mol. The van der Waals surface area contributed by atoms with Gasteiger partial charge in [0.2, 0.25) is 0 Å². The fourth-order valence-electron chi connectivity index (χ4n) is 0.727. The molecule has 4 heteroatoms. The average molecular weight is 192 g/mol. The molecule has 0 radical (unpaired) electrons. The summed E-state index contributed by atoms with van der Waals surface area (Å²) in [6.07, 6.45) is 3.06. The van der Waals surface area contributed by atoms with Crippen molar-refractivity contribution in [1.29, 1.82) is 0 Å². The Labute approximate surface area is 75.5 Å². The molecule has 0 aromatic carbocycles. The first-order valence-electron chi connectivity index (χ1n) is 4.47. The fraction of sp³-hybridized carbons (Fsp3) is 1.00. The van der Waals surface area contributed by atoms with Crippen molar-refractivity contribution >= 4 is 8.03 Å². The molecule has 72 valence electrons. The molecule has 0 saturated carbocycles. The third kappa shape index (κ3) is 6.71. The van der Waals surface area contributed by atoms with Gasteiger partial charge in [0.1, 0.15) is 6.61 Å². The van der Waals surface area contributed by atoms with Crippen molar-refractivity contribution in [3.8, 4) is 0 Å². The van der Waals surface area contributed by atoms with E-state index in [2.05, 4.69) is 0 Å². The molecule has 2 N–H and O–H groups in total. The Bertz CT molecular complexity index is 128. The van der Waals surface area contributed by atoms with Crippen molar-refractivity contribution < 1.29 is 9.09 Å². The Kier molecular flexibility index (Phi) is 7.67. The highest BCUT2D eigenvalue weighted by Crippen LogP contribution is 2.28. The van der Waals surface area contributed by atoms with E-state index in [1.165, 1.54) is 0 Å². The quantitative estimate of drug-likeness (QED) is 0.497. The van der Waals surface area contributed by atoms with Crippen LogP contribution in [0.25, 0.3) is 0 Å². The van der Waals surface area contributed by atoms with Crippen LogP contribution in [0.3, 0.4) is 0 Å². The van der Waals surface area contributed by atoms with E-state index in [-0.39, 0.29) is 5.66 Å². The molecule has 0 amide bonds. The van der Waals surface area contributed by atoms with E-state index >= 15 is 0 Å². The van der Waals surface area contributed by atoms with Gasteiger partial charge in [0.05, 0.1) is 0 Å². The summed E-state index contributed by atoms with van der Waals surface area (Å²) in [5.74, 6) is 0. The molecule has 0 aromatic rings. The SMILES string of the molecule is CC(C)[P+](=O)OCCCCCN. The summed E-state index contributed by atoms with van der Waals surface area (Å²) < 4.78 is 16.2. The molecule has 0 bridgehead atoms. The summed E-state index contributed by atoms with van der Waals surface area (Å²) in [6, 6.07) is 0. The van der Waals surface area contributed by atoms with E-state index < -0.39 is 8.03 Å². The third-order valence-electron chi connectivity index (χ3n) is 1.49. The zero-order chi connectivity index (χ0) is 9.40. The summed E-state index contributed by atoms with van der Waals surface area (Å²) in [6.45, 7) is 5.14. The molecule has 0 rings (SSSR count). The second kappa shape index (κ2) is 7.66. The van der Waals surface area contributed by atoms with Crippen molar-refractivity contribution in [2.24, 2.45) is 5.73 Å². The lowest BCUT2D eigenvalue weighted by molar-refractivity contribution is 0.313. The highest BCUT2D eigenvalue weighted by molar-refractivity contribution is 7.39. The molecular weight excluding hydrogens is 173 g/mol. The Hall–Kier alpha value is 0.0200. The maximum atomic E-state index is 11.1. The molecule has 0 aliphatic rings. The van der Waals surface area contributed by atoms with Crippen molar-refractivity contribution in [2.45, 2.75) is 38.8 Å². The predicted octanol–water partition coefficient (Wildman–Crippen LogP) is 2.28. The van der Waals surface area contributed by atoms with Gasteiger partial charge in [-0.3, -0.25) is 0 Å². The van der Waals surface area contributed by atoms with E-state index in [0.29, 0.717) is 6.61 Å². The van der Waals surface area contributed by atoms with Gasteiger partial charge in [-0.2, -0.15) is 0 Å². The molecule has 0 fully saturated rings. The Morgan fingerprint density at radius 3 is 2.50 bits per heavy atom. The van der Waals surface area contributed by atoms with Crippen molar-refractivity contribution in [2.75, 3.05) is 13.2 Å². The Balaban J connectivity index is 3.14. The lowest BCUT2D eigenvalue weighted by Crippen LogP contribution is -1.99. The minimum absolute atomic E-state index is 0.134. The van der Waals surface area contributed by atoms with Gasteiger partial charge in [-0.15, -0.1) is 4.52 Å². The van der Waals surface area contributed by atoms with Gasteiger partial charge in [0.25, 0.3) is 0 Å². The lowest BCUT2D eigenvalue weighted by atomic mass is 10.2. The maximum absolute atomic E-state index is 11.1. The van der Waals surface area contributed by atoms with Gasteiger partial charge in [-0.25, -0.2) is 0 Å². The van der Waals surface area contributed by atoms with Crippen LogP contribution in [0, 0.1) is 0 Å². The van der Waals surface area contributed by atoms with Crippen molar-refractivity contribution in [3.05, 3.63) is 0 Å². The number of hydrogen-bond donors (Lipinski definition) is 1. The van der Waals surface area contributed by atoms with Crippen LogP contribution in [0.2, 0.25) is 0 Å². The summed E-state index contributed by atoms with van der Waals surface area (Å²) in [5.41, 5.74) is 5.45. The van der Waals surface area contributed by atoms with E-state index in [1.807, 2.05) is 13.8 Å². The molecule has 0 heterocycles. The van der Waals surface area contributed by atoms with Crippen molar-refractivity contribution in [1.82, 2.24) is 0 Å². The number of hydrogen-bond acceptors (Lipinski definition) is 3. The van der Waals surface area contributed by atoms with Gasteiger partial charge in [-0.05, 0) is 44.2 Å². The minimum atomic E-state index is -1.44. The molecule has 0 aliphatic heterocycles. The van der Waals surface area contributed by atoms with Gasteiger partial charge >= 0.3 is 8.03 Å². The molecule has 12 heavy (non-hydrogen) atoms. The van der Waals surface area contributed by atoms with Gasteiger partial charge in [0, 0.05) is 0 Å². The second-order valence-electron chi connectivity index (χ2n) is 3.06. The van der Waals surface area contributed by atoms with Crippen LogP contribution in [0.15, 0.2) is 0 Å². The highest BCUT2D eigenvalue weighted by Gasteiger charge is 2.21. The zero-order valence-corrected chi connectivity index (χ0v) is 8.85. The third-order valence-corrected chi connectivity index (χ3v) is 2.77. The number of rotatable bonds is 7. The second-order valence-corrected chi connectivity index (χ2v) is 4.92. The van der Waals surface area contributed by atoms with Crippen LogP contribution in [0.1, 0.15) is 33.1 Å². The van der Waals surface area contributed by atoms with Crippen LogP contribution in [0.4, 0.5) is 0 Å². The van der Waals surface area contributed by atoms with Crippen molar-refractivity contribution in [3.63, 3.8) is 0 Å². The minimum Gasteiger partial charge on any atom is -0.330 e. The standard InChI is InChI=1S/C8H19NO2P/c1-8(2)12(10)11-7-5-3-4-6-9/h8H,3-7,9H2,1-2H3/q+1. The van der Waals surface area contributed by atoms with Gasteiger partial charge in [-0.1, -0.05) is 0 Å². The first-order chi connectivity index (χ1) is 5.68. The van der Waals surface area contributed by atoms with Crippen LogP contribution < -0.4 is 5.73 Å². The van der Waals surface area contributed by atoms with Gasteiger partial charge < -0.3 is 5.73 Å². The lowest BCUT2D eigenvalue weighted by Gasteiger charge is -1.94. The highest BCUT2D eigenvalue weighted by atomic mass is 31.1. The molecule has 0 aromatic heterocycles. The molecule has 0 saturated heterocycles. The van der Waals surface area contributed by atoms with E-state index in [1.54, 1.807) is 0 Å². The van der Waals surface area contributed by atoms with Crippen LogP contribution in [-0.2, 0) is 9.09 Å². The van der Waals surface area contributed by atoms with E-state index in [9.17, 15) is 4.57 Å². The fourth-order valence-corrected chi connectivity index (χ4v) is 1.33. The maximum Gasteiger partial charge on any atom is 0.510 e. The first-order valence-corrected chi connectivity index (χ1v) is 5.72. The van der Waals surface area contributed by atoms with Crippen LogP contribution in [0.5, 0.6) is 0 Å². The van der Waals surface area contributed by atoms with Gasteiger partial charge in [0.15, 0.2) is 5.66 Å². The largest absolute Gasteiger partial charge is 0.510 e. The first kappa shape index (κ1) is 12.0. The summed E-state index contributed by atoms with van der Waals surface area (Å²) in [4.78, 5) is 0. The topological polar surface area (TPSA) is 52.3 Å². The summed E-state index contributed by atoms with van der Waals surface area (Å²) >= 11 is 0. The average Bonchev–Trinajstić information content (AvgIpc) is 2.03. The molecule has 1 unspecified atom stereocenters. The molecule has 1 atom stereocenters. The number of unbranched alkanes of at least 4 members (excludes halogenated alkanes) is 2. The number of nitrogens with two attached hydrogens (primary N) is 1. The smallest absolute Gasteiger partial charge is 0.330 e. The summed E-state index contributed by atoms with van der Waals surface area (Å²) in [5, 5.41) is 0. The molecule has 0 spiro atoms.